The molecule has 0 radical (unpaired) electrons. The zero-order valence-electron chi connectivity index (χ0n) is 16.4. The summed E-state index contributed by atoms with van der Waals surface area (Å²) in [5.41, 5.74) is 2.63. The van der Waals surface area contributed by atoms with Gasteiger partial charge in [0.1, 0.15) is 6.04 Å². The summed E-state index contributed by atoms with van der Waals surface area (Å²) in [6.45, 7) is 2.40. The summed E-state index contributed by atoms with van der Waals surface area (Å²) in [5, 5.41) is 3.01. The third-order valence-electron chi connectivity index (χ3n) is 5.13. The Morgan fingerprint density at radius 3 is 2.29 bits per heavy atom. The highest BCUT2D eigenvalue weighted by atomic mass is 16.2. The molecule has 1 aliphatic carbocycles. The Hall–Kier alpha value is -2.88. The summed E-state index contributed by atoms with van der Waals surface area (Å²) in [7, 11) is 0. The van der Waals surface area contributed by atoms with Crippen LogP contribution in [0.2, 0.25) is 0 Å². The highest BCUT2D eigenvalue weighted by molar-refractivity contribution is 6.09. The van der Waals surface area contributed by atoms with Crippen LogP contribution < -0.4 is 10.2 Å². The van der Waals surface area contributed by atoms with Crippen LogP contribution in [0.15, 0.2) is 72.3 Å². The average Bonchev–Trinajstić information content (AvgIpc) is 2.77. The molecule has 0 saturated heterocycles. The van der Waals surface area contributed by atoms with Crippen LogP contribution in [-0.2, 0) is 16.1 Å². The van der Waals surface area contributed by atoms with Crippen molar-refractivity contribution < 1.29 is 9.59 Å². The second-order valence-corrected chi connectivity index (χ2v) is 7.11. The molecule has 4 heteroatoms. The van der Waals surface area contributed by atoms with E-state index >= 15 is 0 Å². The number of hydrogen-bond donors (Lipinski definition) is 1. The lowest BCUT2D eigenvalue weighted by molar-refractivity contribution is -0.125. The van der Waals surface area contributed by atoms with Crippen molar-refractivity contribution in [3.63, 3.8) is 0 Å². The fourth-order valence-electron chi connectivity index (χ4n) is 3.60. The molecule has 2 aromatic carbocycles. The molecule has 4 nitrogen and oxygen atoms in total. The molecule has 2 amide bonds. The first-order valence-electron chi connectivity index (χ1n) is 10.1. The van der Waals surface area contributed by atoms with Crippen molar-refractivity contribution in [1.29, 1.82) is 0 Å². The SMILES string of the molecule is CCC(C(=O)NCc1ccccc1)N(C(=O)C1=CCCCC1)c1ccccc1. The van der Waals surface area contributed by atoms with Gasteiger partial charge in [-0.2, -0.15) is 0 Å². The van der Waals surface area contributed by atoms with Crippen LogP contribution in [0, 0.1) is 0 Å². The molecule has 3 rings (SSSR count). The second kappa shape index (κ2) is 9.88. The number of carbonyl (C=O) groups is 2. The van der Waals surface area contributed by atoms with E-state index in [1.165, 1.54) is 0 Å². The number of nitrogens with zero attached hydrogens (tertiary/aromatic N) is 1. The van der Waals surface area contributed by atoms with E-state index in [1.807, 2.05) is 73.7 Å². The quantitative estimate of drug-likeness (QED) is 0.767. The molecule has 0 aromatic heterocycles. The lowest BCUT2D eigenvalue weighted by Crippen LogP contribution is -2.50. The van der Waals surface area contributed by atoms with Gasteiger partial charge in [-0.05, 0) is 49.8 Å². The standard InChI is InChI=1S/C24H28N2O2/c1-2-22(23(27)25-18-19-12-6-3-7-13-19)26(21-16-10-5-11-17-21)24(28)20-14-8-4-9-15-20/h3,5-7,10-14,16-17,22H,2,4,8-9,15,18H2,1H3,(H,25,27). The van der Waals surface area contributed by atoms with E-state index in [4.69, 9.17) is 0 Å². The Balaban J connectivity index is 1.83. The maximum absolute atomic E-state index is 13.4. The van der Waals surface area contributed by atoms with E-state index in [-0.39, 0.29) is 11.8 Å². The third-order valence-corrected chi connectivity index (χ3v) is 5.13. The van der Waals surface area contributed by atoms with Crippen LogP contribution >= 0.6 is 0 Å². The number of allylic oxidation sites excluding steroid dienone is 1. The van der Waals surface area contributed by atoms with Crippen molar-refractivity contribution in [2.45, 2.75) is 51.6 Å². The first-order valence-corrected chi connectivity index (χ1v) is 10.1. The minimum Gasteiger partial charge on any atom is -0.350 e. The van der Waals surface area contributed by atoms with Crippen LogP contribution in [0.5, 0.6) is 0 Å². The van der Waals surface area contributed by atoms with E-state index in [0.717, 1.165) is 42.5 Å². The summed E-state index contributed by atoms with van der Waals surface area (Å²) >= 11 is 0. The molecule has 0 heterocycles. The summed E-state index contributed by atoms with van der Waals surface area (Å²) in [4.78, 5) is 28.1. The van der Waals surface area contributed by atoms with Crippen molar-refractivity contribution in [1.82, 2.24) is 5.32 Å². The van der Waals surface area contributed by atoms with Gasteiger partial charge in [0.15, 0.2) is 0 Å². The number of anilines is 1. The Labute approximate surface area is 167 Å². The lowest BCUT2D eigenvalue weighted by atomic mass is 9.97. The van der Waals surface area contributed by atoms with Crippen molar-refractivity contribution in [2.24, 2.45) is 0 Å². The first kappa shape index (κ1) is 19.9. The third kappa shape index (κ3) is 4.89. The molecule has 2 aromatic rings. The predicted molar refractivity (Wildman–Crippen MR) is 113 cm³/mol. The molecule has 28 heavy (non-hydrogen) atoms. The molecule has 1 aliphatic rings. The van der Waals surface area contributed by atoms with E-state index in [1.54, 1.807) is 4.90 Å². The van der Waals surface area contributed by atoms with Gasteiger partial charge in [-0.1, -0.05) is 61.5 Å². The highest BCUT2D eigenvalue weighted by Gasteiger charge is 2.31. The number of para-hydroxylation sites is 1. The molecule has 1 N–H and O–H groups in total. The summed E-state index contributed by atoms with van der Waals surface area (Å²) < 4.78 is 0. The normalized spacial score (nSPS) is 14.7. The number of amides is 2. The maximum atomic E-state index is 13.4. The zero-order chi connectivity index (χ0) is 19.8. The molecular formula is C24H28N2O2. The molecule has 0 saturated carbocycles. The van der Waals surface area contributed by atoms with Gasteiger partial charge >= 0.3 is 0 Å². The molecule has 146 valence electrons. The van der Waals surface area contributed by atoms with E-state index < -0.39 is 6.04 Å². The molecule has 0 spiro atoms. The molecule has 1 atom stereocenters. The monoisotopic (exact) mass is 376 g/mol. The van der Waals surface area contributed by atoms with E-state index in [0.29, 0.717) is 13.0 Å². The number of rotatable bonds is 7. The van der Waals surface area contributed by atoms with Gasteiger partial charge in [0, 0.05) is 17.8 Å². The van der Waals surface area contributed by atoms with Gasteiger partial charge in [0.25, 0.3) is 5.91 Å². The van der Waals surface area contributed by atoms with E-state index in [9.17, 15) is 9.59 Å². The first-order chi connectivity index (χ1) is 13.7. The molecule has 0 bridgehead atoms. The van der Waals surface area contributed by atoms with Crippen molar-refractivity contribution >= 4 is 17.5 Å². The van der Waals surface area contributed by atoms with Gasteiger partial charge in [-0.25, -0.2) is 0 Å². The summed E-state index contributed by atoms with van der Waals surface area (Å²) in [5.74, 6) is -0.174. The van der Waals surface area contributed by atoms with Crippen LogP contribution in [0.3, 0.4) is 0 Å². The topological polar surface area (TPSA) is 49.4 Å². The average molecular weight is 377 g/mol. The van der Waals surface area contributed by atoms with Crippen LogP contribution in [0.4, 0.5) is 5.69 Å². The fraction of sp³-hybridized carbons (Fsp3) is 0.333. The Morgan fingerprint density at radius 2 is 1.68 bits per heavy atom. The van der Waals surface area contributed by atoms with Gasteiger partial charge in [-0.3, -0.25) is 14.5 Å². The summed E-state index contributed by atoms with van der Waals surface area (Å²) in [6.07, 6.45) is 6.45. The van der Waals surface area contributed by atoms with Gasteiger partial charge in [-0.15, -0.1) is 0 Å². The minimum absolute atomic E-state index is 0.0485. The van der Waals surface area contributed by atoms with Gasteiger partial charge in [0.2, 0.25) is 5.91 Å². The van der Waals surface area contributed by atoms with Crippen molar-refractivity contribution in [3.05, 3.63) is 77.9 Å². The molecule has 0 aliphatic heterocycles. The summed E-state index contributed by atoms with van der Waals surface area (Å²) in [6, 6.07) is 18.8. The van der Waals surface area contributed by atoms with Crippen LogP contribution in [0.25, 0.3) is 0 Å². The predicted octanol–water partition coefficient (Wildman–Crippen LogP) is 4.62. The molecule has 0 fully saturated rings. The maximum Gasteiger partial charge on any atom is 0.254 e. The highest BCUT2D eigenvalue weighted by Crippen LogP contribution is 2.26. The van der Waals surface area contributed by atoms with Crippen molar-refractivity contribution in [3.8, 4) is 0 Å². The van der Waals surface area contributed by atoms with Gasteiger partial charge < -0.3 is 5.32 Å². The smallest absolute Gasteiger partial charge is 0.254 e. The number of benzene rings is 2. The second-order valence-electron chi connectivity index (χ2n) is 7.11. The minimum atomic E-state index is -0.540. The lowest BCUT2D eigenvalue weighted by Gasteiger charge is -2.32. The van der Waals surface area contributed by atoms with Crippen molar-refractivity contribution in [2.75, 3.05) is 4.90 Å². The number of hydrogen-bond acceptors (Lipinski definition) is 2. The molecular weight excluding hydrogens is 348 g/mol. The largest absolute Gasteiger partial charge is 0.350 e. The zero-order valence-corrected chi connectivity index (χ0v) is 16.4. The Kier molecular flexibility index (Phi) is 7.01. The van der Waals surface area contributed by atoms with E-state index in [2.05, 4.69) is 5.32 Å². The van der Waals surface area contributed by atoms with Gasteiger partial charge in [0.05, 0.1) is 0 Å². The van der Waals surface area contributed by atoms with Crippen LogP contribution in [-0.4, -0.2) is 17.9 Å². The van der Waals surface area contributed by atoms with Crippen LogP contribution in [0.1, 0.15) is 44.6 Å². The number of carbonyl (C=O) groups excluding carboxylic acids is 2. The Morgan fingerprint density at radius 1 is 1.00 bits per heavy atom. The number of nitrogens with one attached hydrogen (secondary N) is 1. The Bertz CT molecular complexity index is 815. The fourth-order valence-corrected chi connectivity index (χ4v) is 3.60. The molecule has 1 unspecified atom stereocenters.